The van der Waals surface area contributed by atoms with Crippen molar-refractivity contribution < 1.29 is 4.79 Å². The van der Waals surface area contributed by atoms with Crippen LogP contribution in [-0.4, -0.2) is 29.9 Å². The standard InChI is InChI=1S/C11H22N2O/c1-11(2,3)9-5-4-8-13(9)10(14)6-7-12/h9H,4-8,12H2,1-3H3. The maximum Gasteiger partial charge on any atom is 0.224 e. The third-order valence-electron chi connectivity index (χ3n) is 2.93. The van der Waals surface area contributed by atoms with E-state index in [9.17, 15) is 4.79 Å². The lowest BCUT2D eigenvalue weighted by atomic mass is 9.85. The van der Waals surface area contributed by atoms with Gasteiger partial charge in [-0.2, -0.15) is 0 Å². The molecule has 1 aliphatic heterocycles. The molecule has 0 saturated carbocycles. The van der Waals surface area contributed by atoms with Crippen LogP contribution in [0.25, 0.3) is 0 Å². The number of carbonyl (C=O) groups is 1. The van der Waals surface area contributed by atoms with Crippen molar-refractivity contribution in [2.24, 2.45) is 11.1 Å². The van der Waals surface area contributed by atoms with Gasteiger partial charge in [0.1, 0.15) is 0 Å². The molecule has 0 radical (unpaired) electrons. The molecule has 1 amide bonds. The molecule has 14 heavy (non-hydrogen) atoms. The van der Waals surface area contributed by atoms with Gasteiger partial charge in [-0.15, -0.1) is 0 Å². The fourth-order valence-electron chi connectivity index (χ4n) is 2.23. The van der Waals surface area contributed by atoms with Crippen molar-refractivity contribution in [3.63, 3.8) is 0 Å². The highest BCUT2D eigenvalue weighted by molar-refractivity contribution is 5.77. The van der Waals surface area contributed by atoms with Crippen molar-refractivity contribution in [1.82, 2.24) is 4.90 Å². The van der Waals surface area contributed by atoms with E-state index in [2.05, 4.69) is 20.8 Å². The maximum atomic E-state index is 11.7. The van der Waals surface area contributed by atoms with Gasteiger partial charge < -0.3 is 10.6 Å². The van der Waals surface area contributed by atoms with E-state index in [1.54, 1.807) is 0 Å². The second-order valence-corrected chi connectivity index (χ2v) is 5.15. The Labute approximate surface area is 86.6 Å². The number of amides is 1. The van der Waals surface area contributed by atoms with Gasteiger partial charge in [-0.05, 0) is 18.3 Å². The Kier molecular flexibility index (Phi) is 3.53. The van der Waals surface area contributed by atoms with Crippen LogP contribution in [0.1, 0.15) is 40.0 Å². The molecule has 0 spiro atoms. The highest BCUT2D eigenvalue weighted by Crippen LogP contribution is 2.32. The highest BCUT2D eigenvalue weighted by Gasteiger charge is 2.36. The minimum absolute atomic E-state index is 0.195. The Bertz CT molecular complexity index is 208. The van der Waals surface area contributed by atoms with E-state index in [-0.39, 0.29) is 11.3 Å². The normalized spacial score (nSPS) is 22.9. The average molecular weight is 198 g/mol. The van der Waals surface area contributed by atoms with E-state index in [0.717, 1.165) is 19.4 Å². The summed E-state index contributed by atoms with van der Waals surface area (Å²) in [6.07, 6.45) is 2.77. The zero-order valence-electron chi connectivity index (χ0n) is 9.55. The van der Waals surface area contributed by atoms with Crippen LogP contribution in [0.2, 0.25) is 0 Å². The molecule has 1 atom stereocenters. The molecule has 1 aliphatic rings. The van der Waals surface area contributed by atoms with Crippen molar-refractivity contribution in [3.8, 4) is 0 Å². The minimum Gasteiger partial charge on any atom is -0.339 e. The second-order valence-electron chi connectivity index (χ2n) is 5.15. The lowest BCUT2D eigenvalue weighted by molar-refractivity contribution is -0.133. The number of nitrogens with two attached hydrogens (primary N) is 1. The molecule has 0 aromatic heterocycles. The molecule has 0 aromatic rings. The summed E-state index contributed by atoms with van der Waals surface area (Å²) in [5, 5.41) is 0. The first-order valence-electron chi connectivity index (χ1n) is 5.46. The van der Waals surface area contributed by atoms with Crippen molar-refractivity contribution in [2.45, 2.75) is 46.1 Å². The van der Waals surface area contributed by atoms with Crippen molar-refractivity contribution in [2.75, 3.05) is 13.1 Å². The van der Waals surface area contributed by atoms with Crippen LogP contribution in [0.15, 0.2) is 0 Å². The van der Waals surface area contributed by atoms with Gasteiger partial charge in [0, 0.05) is 25.6 Å². The van der Waals surface area contributed by atoms with Crippen LogP contribution in [0.5, 0.6) is 0 Å². The summed E-state index contributed by atoms with van der Waals surface area (Å²) in [7, 11) is 0. The zero-order chi connectivity index (χ0) is 10.8. The second kappa shape index (κ2) is 4.30. The molecular formula is C11H22N2O. The van der Waals surface area contributed by atoms with Gasteiger partial charge >= 0.3 is 0 Å². The predicted molar refractivity (Wildman–Crippen MR) is 57.9 cm³/mol. The number of hydrogen-bond acceptors (Lipinski definition) is 2. The Hall–Kier alpha value is -0.570. The molecule has 1 saturated heterocycles. The highest BCUT2D eigenvalue weighted by atomic mass is 16.2. The Morgan fingerprint density at radius 1 is 1.50 bits per heavy atom. The summed E-state index contributed by atoms with van der Waals surface area (Å²) >= 11 is 0. The van der Waals surface area contributed by atoms with Crippen LogP contribution < -0.4 is 5.73 Å². The first kappa shape index (κ1) is 11.5. The third kappa shape index (κ3) is 2.47. The molecule has 0 bridgehead atoms. The molecular weight excluding hydrogens is 176 g/mol. The first-order chi connectivity index (χ1) is 6.46. The number of nitrogens with zero attached hydrogens (tertiary/aromatic N) is 1. The van der Waals surface area contributed by atoms with Gasteiger partial charge in [-0.1, -0.05) is 20.8 Å². The fraction of sp³-hybridized carbons (Fsp3) is 0.909. The van der Waals surface area contributed by atoms with Gasteiger partial charge in [0.15, 0.2) is 0 Å². The summed E-state index contributed by atoms with van der Waals surface area (Å²) < 4.78 is 0. The number of hydrogen-bond donors (Lipinski definition) is 1. The summed E-state index contributed by atoms with van der Waals surface area (Å²) in [5.74, 6) is 0.227. The molecule has 3 nitrogen and oxygen atoms in total. The lowest BCUT2D eigenvalue weighted by Crippen LogP contribution is -2.43. The molecule has 82 valence electrons. The quantitative estimate of drug-likeness (QED) is 0.728. The van der Waals surface area contributed by atoms with E-state index in [4.69, 9.17) is 5.73 Å². The lowest BCUT2D eigenvalue weighted by Gasteiger charge is -2.35. The number of likely N-dealkylation sites (tertiary alicyclic amines) is 1. The summed E-state index contributed by atoms with van der Waals surface area (Å²) in [5.41, 5.74) is 5.60. The van der Waals surface area contributed by atoms with E-state index >= 15 is 0 Å². The maximum absolute atomic E-state index is 11.7. The molecule has 1 heterocycles. The van der Waals surface area contributed by atoms with Gasteiger partial charge in [0.2, 0.25) is 5.91 Å². The predicted octanol–water partition coefficient (Wildman–Crippen LogP) is 1.37. The Balaban J connectivity index is 2.64. The van der Waals surface area contributed by atoms with Crippen molar-refractivity contribution >= 4 is 5.91 Å². The van der Waals surface area contributed by atoms with Gasteiger partial charge in [-0.3, -0.25) is 4.79 Å². The summed E-state index contributed by atoms with van der Waals surface area (Å²) in [6, 6.07) is 0.404. The molecule has 0 aromatic carbocycles. The van der Waals surface area contributed by atoms with E-state index in [0.29, 0.717) is 19.0 Å². The summed E-state index contributed by atoms with van der Waals surface area (Å²) in [6.45, 7) is 7.98. The first-order valence-corrected chi connectivity index (χ1v) is 5.46. The smallest absolute Gasteiger partial charge is 0.224 e. The zero-order valence-corrected chi connectivity index (χ0v) is 9.55. The Morgan fingerprint density at radius 2 is 2.14 bits per heavy atom. The molecule has 0 aliphatic carbocycles. The van der Waals surface area contributed by atoms with Gasteiger partial charge in [-0.25, -0.2) is 0 Å². The van der Waals surface area contributed by atoms with E-state index < -0.39 is 0 Å². The van der Waals surface area contributed by atoms with Gasteiger partial charge in [0.25, 0.3) is 0 Å². The summed E-state index contributed by atoms with van der Waals surface area (Å²) in [4.78, 5) is 13.8. The number of rotatable bonds is 2. The van der Waals surface area contributed by atoms with E-state index in [1.807, 2.05) is 4.90 Å². The van der Waals surface area contributed by atoms with Crippen LogP contribution in [0.3, 0.4) is 0 Å². The number of carbonyl (C=O) groups excluding carboxylic acids is 1. The molecule has 2 N–H and O–H groups in total. The van der Waals surface area contributed by atoms with Crippen molar-refractivity contribution in [1.29, 1.82) is 0 Å². The topological polar surface area (TPSA) is 46.3 Å². The molecule has 1 rings (SSSR count). The van der Waals surface area contributed by atoms with Gasteiger partial charge in [0.05, 0.1) is 0 Å². The van der Waals surface area contributed by atoms with Crippen LogP contribution in [0.4, 0.5) is 0 Å². The largest absolute Gasteiger partial charge is 0.339 e. The van der Waals surface area contributed by atoms with Crippen LogP contribution >= 0.6 is 0 Å². The Morgan fingerprint density at radius 3 is 2.64 bits per heavy atom. The minimum atomic E-state index is 0.195. The van der Waals surface area contributed by atoms with Crippen LogP contribution in [0, 0.1) is 5.41 Å². The molecule has 1 fully saturated rings. The molecule has 1 unspecified atom stereocenters. The van der Waals surface area contributed by atoms with E-state index in [1.165, 1.54) is 0 Å². The SMILES string of the molecule is CC(C)(C)C1CCCN1C(=O)CCN. The van der Waals surface area contributed by atoms with Crippen molar-refractivity contribution in [3.05, 3.63) is 0 Å². The monoisotopic (exact) mass is 198 g/mol. The van der Waals surface area contributed by atoms with Crippen LogP contribution in [-0.2, 0) is 4.79 Å². The fourth-order valence-corrected chi connectivity index (χ4v) is 2.23. The molecule has 3 heteroatoms. The third-order valence-corrected chi connectivity index (χ3v) is 2.93. The average Bonchev–Trinajstić information content (AvgIpc) is 2.50.